The molecule has 0 rings (SSSR count). The van der Waals surface area contributed by atoms with Gasteiger partial charge in [-0.3, -0.25) is 9.59 Å². The zero-order valence-electron chi connectivity index (χ0n) is 15.1. The lowest BCUT2D eigenvalue weighted by Gasteiger charge is -2.14. The monoisotopic (exact) mass is 342 g/mol. The van der Waals surface area contributed by atoms with Crippen molar-refractivity contribution in [2.75, 3.05) is 0 Å². The fourth-order valence-corrected chi connectivity index (χ4v) is 2.44. The second kappa shape index (κ2) is 14.2. The van der Waals surface area contributed by atoms with Crippen LogP contribution in [0.3, 0.4) is 0 Å². The van der Waals surface area contributed by atoms with E-state index in [0.717, 1.165) is 51.4 Å². The van der Waals surface area contributed by atoms with E-state index < -0.39 is 24.0 Å². The number of hydrogen-bond donors (Lipinski definition) is 3. The Morgan fingerprint density at radius 1 is 0.958 bits per heavy atom. The number of carboxylic acids is 1. The van der Waals surface area contributed by atoms with E-state index in [-0.39, 0.29) is 5.92 Å². The molecule has 0 aromatic carbocycles. The van der Waals surface area contributed by atoms with E-state index in [1.54, 1.807) is 13.0 Å². The molecule has 0 heterocycles. The van der Waals surface area contributed by atoms with E-state index in [1.165, 1.54) is 6.08 Å². The van der Waals surface area contributed by atoms with Crippen LogP contribution >= 0.6 is 0 Å². The van der Waals surface area contributed by atoms with Crippen molar-refractivity contribution in [3.8, 4) is 0 Å². The molecule has 3 N–H and O–H groups in total. The molecule has 0 saturated carbocycles. The lowest BCUT2D eigenvalue weighted by atomic mass is 10.0. The van der Waals surface area contributed by atoms with Gasteiger partial charge in [-0.2, -0.15) is 0 Å². The maximum absolute atomic E-state index is 11.7. The van der Waals surface area contributed by atoms with Gasteiger partial charge in [0.1, 0.15) is 6.10 Å². The molecular formula is C19H34O5. The van der Waals surface area contributed by atoms with Crippen LogP contribution < -0.4 is 0 Å². The van der Waals surface area contributed by atoms with Crippen molar-refractivity contribution < 1.29 is 24.9 Å². The van der Waals surface area contributed by atoms with E-state index in [9.17, 15) is 19.8 Å². The summed E-state index contributed by atoms with van der Waals surface area (Å²) in [5.41, 5.74) is 0. The highest BCUT2D eigenvalue weighted by Crippen LogP contribution is 2.12. The number of rotatable bonds is 15. The van der Waals surface area contributed by atoms with E-state index in [4.69, 9.17) is 5.11 Å². The van der Waals surface area contributed by atoms with E-state index in [2.05, 4.69) is 6.92 Å². The number of hydrogen-bond acceptors (Lipinski definition) is 4. The zero-order chi connectivity index (χ0) is 18.4. The third kappa shape index (κ3) is 11.4. The highest BCUT2D eigenvalue weighted by molar-refractivity contribution is 5.93. The first-order valence-corrected chi connectivity index (χ1v) is 9.19. The summed E-state index contributed by atoms with van der Waals surface area (Å²) in [6.07, 6.45) is 9.33. The second-order valence-corrected chi connectivity index (χ2v) is 6.54. The fraction of sp³-hybridized carbons (Fsp3) is 0.789. The first-order valence-electron chi connectivity index (χ1n) is 9.19. The number of carboxylic acid groups (broad SMARTS) is 1. The normalized spacial score (nSPS) is 15.3. The smallest absolute Gasteiger partial charge is 0.306 e. The number of aliphatic hydroxyl groups is 2. The van der Waals surface area contributed by atoms with Gasteiger partial charge in [0, 0.05) is 0 Å². The van der Waals surface area contributed by atoms with Gasteiger partial charge in [0.2, 0.25) is 0 Å². The molecule has 0 radical (unpaired) electrons. The molecule has 3 unspecified atom stereocenters. The maximum Gasteiger partial charge on any atom is 0.306 e. The molecule has 0 saturated heterocycles. The van der Waals surface area contributed by atoms with Gasteiger partial charge in [-0.25, -0.2) is 0 Å². The summed E-state index contributed by atoms with van der Waals surface area (Å²) in [5.74, 6) is -1.46. The molecule has 0 aromatic heterocycles. The number of aliphatic hydroxyl groups excluding tert-OH is 2. The molecule has 0 amide bonds. The first-order chi connectivity index (χ1) is 11.4. The molecule has 0 fully saturated rings. The van der Waals surface area contributed by atoms with Crippen molar-refractivity contribution >= 4 is 11.8 Å². The van der Waals surface area contributed by atoms with Crippen molar-refractivity contribution in [2.45, 2.75) is 90.3 Å². The van der Waals surface area contributed by atoms with Crippen molar-refractivity contribution in [1.29, 1.82) is 0 Å². The van der Waals surface area contributed by atoms with Crippen LogP contribution in [0.4, 0.5) is 0 Å². The Morgan fingerprint density at radius 3 is 2.21 bits per heavy atom. The van der Waals surface area contributed by atoms with Crippen LogP contribution in [0.1, 0.15) is 78.1 Å². The summed E-state index contributed by atoms with van der Waals surface area (Å²) in [5, 5.41) is 28.3. The van der Waals surface area contributed by atoms with Crippen molar-refractivity contribution in [3.63, 3.8) is 0 Å². The quantitative estimate of drug-likeness (QED) is 0.313. The minimum absolute atomic E-state index is 0.284. The Labute approximate surface area is 145 Å². The van der Waals surface area contributed by atoms with Crippen LogP contribution in [-0.4, -0.2) is 39.3 Å². The molecule has 0 aliphatic rings. The summed E-state index contributed by atoms with van der Waals surface area (Å²) < 4.78 is 0. The molecular weight excluding hydrogens is 308 g/mol. The second-order valence-electron chi connectivity index (χ2n) is 6.54. The molecule has 0 spiro atoms. The van der Waals surface area contributed by atoms with Crippen LogP contribution in [0.5, 0.6) is 0 Å². The lowest BCUT2D eigenvalue weighted by molar-refractivity contribution is -0.141. The van der Waals surface area contributed by atoms with Gasteiger partial charge in [-0.1, -0.05) is 58.4 Å². The van der Waals surface area contributed by atoms with Crippen LogP contribution in [0.25, 0.3) is 0 Å². The molecule has 140 valence electrons. The van der Waals surface area contributed by atoms with Crippen LogP contribution in [0.15, 0.2) is 12.2 Å². The molecule has 0 aliphatic heterocycles. The van der Waals surface area contributed by atoms with Crippen LogP contribution in [-0.2, 0) is 9.59 Å². The lowest BCUT2D eigenvalue weighted by Crippen LogP contribution is -2.32. The fourth-order valence-electron chi connectivity index (χ4n) is 2.44. The van der Waals surface area contributed by atoms with E-state index in [1.807, 2.05) is 0 Å². The van der Waals surface area contributed by atoms with Crippen molar-refractivity contribution in [1.82, 2.24) is 0 Å². The Kier molecular flexibility index (Phi) is 13.5. The summed E-state index contributed by atoms with van der Waals surface area (Å²) >= 11 is 0. The van der Waals surface area contributed by atoms with Crippen molar-refractivity contribution in [2.24, 2.45) is 5.92 Å². The third-order valence-corrected chi connectivity index (χ3v) is 4.22. The zero-order valence-corrected chi connectivity index (χ0v) is 15.1. The van der Waals surface area contributed by atoms with Gasteiger partial charge in [0.15, 0.2) is 5.78 Å². The molecule has 24 heavy (non-hydrogen) atoms. The number of unbranched alkanes of at least 4 members (excludes halogenated alkanes) is 6. The van der Waals surface area contributed by atoms with Gasteiger partial charge in [-0.15, -0.1) is 0 Å². The van der Waals surface area contributed by atoms with Gasteiger partial charge in [0.05, 0.1) is 12.0 Å². The Morgan fingerprint density at radius 2 is 1.58 bits per heavy atom. The Hall–Kier alpha value is -1.20. The predicted octanol–water partition coefficient (Wildman–Crippen LogP) is 3.48. The highest BCUT2D eigenvalue weighted by Gasteiger charge is 2.21. The summed E-state index contributed by atoms with van der Waals surface area (Å²) in [6.45, 7) is 3.78. The highest BCUT2D eigenvalue weighted by atomic mass is 16.4. The molecule has 5 nitrogen and oxygen atoms in total. The summed E-state index contributed by atoms with van der Waals surface area (Å²) in [7, 11) is 0. The summed E-state index contributed by atoms with van der Waals surface area (Å²) in [4.78, 5) is 22.4. The average Bonchev–Trinajstić information content (AvgIpc) is 2.55. The topological polar surface area (TPSA) is 94.8 Å². The van der Waals surface area contributed by atoms with Gasteiger partial charge in [0.25, 0.3) is 0 Å². The van der Waals surface area contributed by atoms with Gasteiger partial charge < -0.3 is 15.3 Å². The van der Waals surface area contributed by atoms with E-state index >= 15 is 0 Å². The number of carbonyl (C=O) groups is 2. The molecule has 5 heteroatoms. The number of allylic oxidation sites excluding steroid dienone is 1. The molecule has 3 atom stereocenters. The van der Waals surface area contributed by atoms with Gasteiger partial charge in [-0.05, 0) is 31.8 Å². The molecule has 0 bridgehead atoms. The minimum Gasteiger partial charge on any atom is -0.481 e. The largest absolute Gasteiger partial charge is 0.481 e. The Bertz CT molecular complexity index is 378. The number of carbonyl (C=O) groups excluding carboxylic acids is 1. The number of aliphatic carboxylic acids is 1. The Balaban J connectivity index is 3.75. The third-order valence-electron chi connectivity index (χ3n) is 4.22. The average molecular weight is 342 g/mol. The first kappa shape index (κ1) is 22.8. The van der Waals surface area contributed by atoms with E-state index in [0.29, 0.717) is 12.8 Å². The molecule has 0 aliphatic carbocycles. The standard InChI is InChI=1S/C19H34O5/c1-3-4-9-13-16(20)18(22)17(21)14-11-8-6-5-7-10-12-15(2)19(23)24/h11,14-16,18,20,22H,3-10,12-13H2,1-2H3,(H,23,24)/b14-11-. The van der Waals surface area contributed by atoms with Gasteiger partial charge >= 0.3 is 5.97 Å². The van der Waals surface area contributed by atoms with Crippen LogP contribution in [0, 0.1) is 5.92 Å². The summed E-state index contributed by atoms with van der Waals surface area (Å²) in [6, 6.07) is 0. The number of ketones is 1. The van der Waals surface area contributed by atoms with Crippen LogP contribution in [0.2, 0.25) is 0 Å². The predicted molar refractivity (Wildman–Crippen MR) is 94.8 cm³/mol. The SMILES string of the molecule is CCCCCC(O)C(O)C(=O)/C=C\CCCCCCC(C)C(=O)O. The maximum atomic E-state index is 11.7. The van der Waals surface area contributed by atoms with Crippen molar-refractivity contribution in [3.05, 3.63) is 12.2 Å². The minimum atomic E-state index is -1.32. The molecule has 0 aromatic rings.